The molecule has 54 heavy (non-hydrogen) atoms. The van der Waals surface area contributed by atoms with Crippen LogP contribution in [0.3, 0.4) is 0 Å². The maximum atomic E-state index is 12.9. The van der Waals surface area contributed by atoms with Crippen LogP contribution in [-0.4, -0.2) is 103 Å². The van der Waals surface area contributed by atoms with Crippen LogP contribution in [-0.2, 0) is 9.59 Å². The highest BCUT2D eigenvalue weighted by atomic mass is 35.5. The minimum Gasteiger partial charge on any atom is -0.497 e. The van der Waals surface area contributed by atoms with Crippen molar-refractivity contribution in [1.29, 1.82) is 5.26 Å². The maximum Gasteiger partial charge on any atom is 0.272 e. The first-order valence-electron chi connectivity index (χ1n) is 18.1. The lowest BCUT2D eigenvalue weighted by atomic mass is 9.86. The summed E-state index contributed by atoms with van der Waals surface area (Å²) in [5, 5.41) is 26.9. The fraction of sp³-hybridized carbons (Fsp3) is 0.410. The number of allylic oxidation sites excluding steroid dienone is 1. The van der Waals surface area contributed by atoms with Crippen LogP contribution in [0.25, 0.3) is 0 Å². The van der Waals surface area contributed by atoms with E-state index in [2.05, 4.69) is 35.9 Å². The lowest BCUT2D eigenvalue weighted by Crippen LogP contribution is -2.56. The molecule has 2 heterocycles. The number of nitriles is 1. The van der Waals surface area contributed by atoms with E-state index in [1.807, 2.05) is 6.07 Å². The first kappa shape index (κ1) is 38.2. The number of ether oxygens (including phenoxy) is 2. The van der Waals surface area contributed by atoms with Crippen molar-refractivity contribution in [2.24, 2.45) is 0 Å². The Balaban J connectivity index is 0.840. The van der Waals surface area contributed by atoms with Crippen molar-refractivity contribution < 1.29 is 28.7 Å². The molecule has 0 unspecified atom stereocenters. The van der Waals surface area contributed by atoms with Gasteiger partial charge in [0.25, 0.3) is 5.91 Å². The third kappa shape index (κ3) is 10.3. The van der Waals surface area contributed by atoms with Crippen molar-refractivity contribution in [3.63, 3.8) is 0 Å². The van der Waals surface area contributed by atoms with Crippen LogP contribution in [0.1, 0.15) is 64.9 Å². The fourth-order valence-corrected chi connectivity index (χ4v) is 6.98. The number of halogens is 1. The molecule has 0 radical (unpaired) electrons. The lowest BCUT2D eigenvalue weighted by Gasteiger charge is -2.37. The number of anilines is 1. The van der Waals surface area contributed by atoms with E-state index in [-0.39, 0.29) is 60.0 Å². The molecular formula is C39H43ClN8O6. The van der Waals surface area contributed by atoms with Crippen molar-refractivity contribution in [1.82, 2.24) is 31.0 Å². The molecule has 2 saturated carbocycles. The van der Waals surface area contributed by atoms with Crippen molar-refractivity contribution in [3.05, 3.63) is 88.6 Å². The second kappa shape index (κ2) is 18.0. The summed E-state index contributed by atoms with van der Waals surface area (Å²) in [6.07, 6.45) is 6.84. The predicted molar refractivity (Wildman–Crippen MR) is 201 cm³/mol. The monoisotopic (exact) mass is 754 g/mol. The molecule has 2 aromatic carbocycles. The Morgan fingerprint density at radius 2 is 1.56 bits per heavy atom. The van der Waals surface area contributed by atoms with E-state index < -0.39 is 0 Å². The number of aromatic nitrogens is 2. The van der Waals surface area contributed by atoms with Crippen LogP contribution in [0.15, 0.2) is 66.7 Å². The van der Waals surface area contributed by atoms with Gasteiger partial charge in [0, 0.05) is 62.0 Å². The summed E-state index contributed by atoms with van der Waals surface area (Å²) in [6, 6.07) is 17.2. The molecule has 3 fully saturated rings. The van der Waals surface area contributed by atoms with Crippen LogP contribution in [0.4, 0.5) is 5.82 Å². The van der Waals surface area contributed by atoms with Gasteiger partial charge in [0.1, 0.15) is 17.6 Å². The van der Waals surface area contributed by atoms with Crippen molar-refractivity contribution in [2.45, 2.75) is 62.8 Å². The van der Waals surface area contributed by atoms with Crippen molar-refractivity contribution in [2.75, 3.05) is 44.7 Å². The summed E-state index contributed by atoms with van der Waals surface area (Å²) in [5.41, 5.74) is 1.13. The van der Waals surface area contributed by atoms with Crippen molar-refractivity contribution in [3.8, 4) is 17.6 Å². The van der Waals surface area contributed by atoms with Gasteiger partial charge in [0.05, 0.1) is 30.3 Å². The lowest BCUT2D eigenvalue weighted by molar-refractivity contribution is -0.123. The van der Waals surface area contributed by atoms with E-state index in [1.54, 1.807) is 61.7 Å². The van der Waals surface area contributed by atoms with Crippen LogP contribution in [0.2, 0.25) is 5.02 Å². The van der Waals surface area contributed by atoms with Gasteiger partial charge >= 0.3 is 0 Å². The number of carbonyl (C=O) groups excluding carboxylic acids is 4. The summed E-state index contributed by atoms with van der Waals surface area (Å²) in [6.45, 7) is 2.96. The Kier molecular flexibility index (Phi) is 12.7. The molecule has 15 heteroatoms. The van der Waals surface area contributed by atoms with E-state index in [0.717, 1.165) is 25.7 Å². The summed E-state index contributed by atoms with van der Waals surface area (Å²) < 4.78 is 11.1. The number of ketones is 1. The van der Waals surface area contributed by atoms with Crippen LogP contribution in [0, 0.1) is 11.3 Å². The number of piperazine rings is 1. The van der Waals surface area contributed by atoms with E-state index in [9.17, 15) is 19.2 Å². The quantitative estimate of drug-likeness (QED) is 0.172. The number of hydrogen-bond acceptors (Lipinski definition) is 11. The highest BCUT2D eigenvalue weighted by Crippen LogP contribution is 2.27. The molecule has 3 aliphatic rings. The largest absolute Gasteiger partial charge is 0.497 e. The smallest absolute Gasteiger partial charge is 0.272 e. The Morgan fingerprint density at radius 3 is 2.20 bits per heavy atom. The minimum atomic E-state index is -0.346. The Morgan fingerprint density at radius 1 is 0.852 bits per heavy atom. The third-order valence-corrected chi connectivity index (χ3v) is 10.2. The fourth-order valence-electron chi connectivity index (χ4n) is 6.77. The van der Waals surface area contributed by atoms with E-state index in [0.29, 0.717) is 72.5 Å². The molecule has 6 rings (SSSR count). The number of hydrogen-bond donors (Lipinski definition) is 3. The number of nitrogens with zero attached hydrogens (tertiary/aromatic N) is 5. The Hall–Kier alpha value is -5.52. The SMILES string of the molecule is COc1ccc(C(=O)/C=C/C(=O)N[C@H]2C[C@H](NC(=O)CN3CCN(c4ccc(C(=O)N[C@H]5CC[C@H](Oc6ccc(C#N)c(Cl)c6)CC5)nn4)CC3)C2)cc1. The van der Waals surface area contributed by atoms with Gasteiger partial charge in [0.2, 0.25) is 11.8 Å². The summed E-state index contributed by atoms with van der Waals surface area (Å²) in [7, 11) is 1.55. The number of rotatable bonds is 13. The molecule has 1 saturated heterocycles. The van der Waals surface area contributed by atoms with Crippen molar-refractivity contribution >= 4 is 40.9 Å². The van der Waals surface area contributed by atoms with Crippen LogP contribution >= 0.6 is 11.6 Å². The number of amides is 3. The predicted octanol–water partition coefficient (Wildman–Crippen LogP) is 3.45. The zero-order chi connectivity index (χ0) is 38.0. The molecule has 2 aliphatic carbocycles. The highest BCUT2D eigenvalue weighted by molar-refractivity contribution is 6.31. The third-order valence-electron chi connectivity index (χ3n) is 9.93. The van der Waals surface area contributed by atoms with Gasteiger partial charge in [-0.25, -0.2) is 0 Å². The van der Waals surface area contributed by atoms with Gasteiger partial charge in [-0.2, -0.15) is 5.26 Å². The molecule has 0 atom stereocenters. The zero-order valence-corrected chi connectivity index (χ0v) is 30.8. The molecule has 0 bridgehead atoms. The average molecular weight is 755 g/mol. The van der Waals surface area contributed by atoms with Gasteiger partial charge in [0.15, 0.2) is 17.3 Å². The van der Waals surface area contributed by atoms with E-state index in [4.69, 9.17) is 26.3 Å². The Labute approximate surface area is 318 Å². The van der Waals surface area contributed by atoms with Gasteiger partial charge in [-0.3, -0.25) is 24.1 Å². The molecule has 3 amide bonds. The first-order chi connectivity index (χ1) is 26.1. The summed E-state index contributed by atoms with van der Waals surface area (Å²) >= 11 is 6.12. The number of carbonyl (C=O) groups is 4. The highest BCUT2D eigenvalue weighted by Gasteiger charge is 2.32. The number of methoxy groups -OCH3 is 1. The first-order valence-corrected chi connectivity index (χ1v) is 18.5. The van der Waals surface area contributed by atoms with Crippen LogP contribution < -0.4 is 30.3 Å². The second-order valence-electron chi connectivity index (χ2n) is 13.7. The topological polar surface area (TPSA) is 179 Å². The van der Waals surface area contributed by atoms with Gasteiger partial charge in [-0.1, -0.05) is 11.6 Å². The minimum absolute atomic E-state index is 0.00810. The van der Waals surface area contributed by atoms with E-state index >= 15 is 0 Å². The van der Waals surface area contributed by atoms with Gasteiger partial charge < -0.3 is 30.3 Å². The molecule has 1 aromatic heterocycles. The number of nitrogens with one attached hydrogen (secondary N) is 3. The maximum absolute atomic E-state index is 12.9. The molecule has 0 spiro atoms. The Bertz CT molecular complexity index is 1880. The zero-order valence-electron chi connectivity index (χ0n) is 30.0. The molecule has 3 N–H and O–H groups in total. The van der Waals surface area contributed by atoms with Gasteiger partial charge in [-0.15, -0.1) is 10.2 Å². The molecule has 282 valence electrons. The average Bonchev–Trinajstić information content (AvgIpc) is 3.17. The second-order valence-corrected chi connectivity index (χ2v) is 14.1. The summed E-state index contributed by atoms with van der Waals surface area (Å²) in [4.78, 5) is 54.4. The molecule has 1 aliphatic heterocycles. The van der Waals surface area contributed by atoms with Gasteiger partial charge in [-0.05, 0) is 93.1 Å². The number of benzene rings is 2. The van der Waals surface area contributed by atoms with E-state index in [1.165, 1.54) is 12.2 Å². The molecule has 3 aromatic rings. The summed E-state index contributed by atoms with van der Waals surface area (Å²) in [5.74, 6) is 1.01. The molecule has 14 nitrogen and oxygen atoms in total. The standard InChI is InChI=1S/C39H43ClN8O6/c1-53-30-7-2-25(3-8-30)35(49)13-15-37(50)42-28-20-29(21-28)43-38(51)24-47-16-18-48(19-17-47)36-14-12-34(45-46-36)39(52)44-27-5-10-31(11-6-27)54-32-9-4-26(23-41)33(40)22-32/h2-4,7-9,12-15,22,27-29,31H,5-6,10-11,16-21,24H2,1H3,(H,42,50)(H,43,51)(H,44,52)/b15-13+/t27-,28-,29-,31-. The normalized spacial score (nSPS) is 21.3. The molecular weight excluding hydrogens is 712 g/mol. The van der Waals surface area contributed by atoms with Crippen LogP contribution in [0.5, 0.6) is 11.5 Å².